The number of ether oxygens (including phenoxy) is 2. The highest BCUT2D eigenvalue weighted by Crippen LogP contribution is 2.28. The lowest BCUT2D eigenvalue weighted by atomic mass is 10.2. The van der Waals surface area contributed by atoms with Crippen LogP contribution < -0.4 is 0 Å². The first-order chi connectivity index (χ1) is 9.15. The van der Waals surface area contributed by atoms with Crippen molar-refractivity contribution in [2.45, 2.75) is 51.6 Å². The molecule has 0 bridgehead atoms. The monoisotopic (exact) mass is 291 g/mol. The van der Waals surface area contributed by atoms with Crippen molar-refractivity contribution in [2.75, 3.05) is 19.7 Å². The zero-order chi connectivity index (χ0) is 15.4. The number of carbonyl (C=O) groups excluding carboxylic acids is 1. The van der Waals surface area contributed by atoms with Crippen LogP contribution in [0.5, 0.6) is 0 Å². The molecule has 1 fully saturated rings. The van der Waals surface area contributed by atoms with Crippen molar-refractivity contribution in [1.82, 2.24) is 4.90 Å². The van der Waals surface area contributed by atoms with E-state index in [0.717, 1.165) is 12.8 Å². The number of esters is 1. The second-order valence-electron chi connectivity index (χ2n) is 5.75. The average Bonchev–Trinajstić information content (AvgIpc) is 2.79. The van der Waals surface area contributed by atoms with Gasteiger partial charge in [-0.1, -0.05) is 0 Å². The lowest BCUT2D eigenvalue weighted by molar-refractivity contribution is -0.256. The van der Waals surface area contributed by atoms with Crippen LogP contribution in [0.4, 0.5) is 4.39 Å². The number of hydrogen-bond acceptors (Lipinski definition) is 5. The minimum atomic E-state index is -2.71. The zero-order valence-electron chi connectivity index (χ0n) is 12.1. The molecule has 0 aromatic heterocycles. The van der Waals surface area contributed by atoms with Crippen LogP contribution in [0.25, 0.3) is 0 Å². The maximum atomic E-state index is 14.9. The van der Waals surface area contributed by atoms with E-state index in [4.69, 9.17) is 14.6 Å². The fraction of sp³-hybridized carbons (Fsp3) is 0.846. The molecule has 0 aromatic rings. The van der Waals surface area contributed by atoms with Gasteiger partial charge in [0.05, 0.1) is 13.0 Å². The van der Waals surface area contributed by atoms with Crippen LogP contribution in [0.1, 0.15) is 40.0 Å². The second kappa shape index (κ2) is 6.49. The molecule has 1 rings (SSSR count). The molecule has 7 heteroatoms. The molecule has 1 aliphatic rings. The van der Waals surface area contributed by atoms with Crippen molar-refractivity contribution in [2.24, 2.45) is 0 Å². The number of likely N-dealkylation sites (tertiary alicyclic amines) is 1. The van der Waals surface area contributed by atoms with E-state index in [1.54, 1.807) is 20.8 Å². The Kier molecular flexibility index (Phi) is 5.47. The number of carboxylic acid groups (broad SMARTS) is 1. The Balaban J connectivity index is 2.77. The Hall–Kier alpha value is -1.21. The third-order valence-corrected chi connectivity index (χ3v) is 2.77. The number of carbonyl (C=O) groups is 2. The Morgan fingerprint density at radius 1 is 1.25 bits per heavy atom. The number of nitrogens with zero attached hydrogens (tertiary/aromatic N) is 1. The molecule has 0 spiro atoms. The summed E-state index contributed by atoms with van der Waals surface area (Å²) in [6, 6.07) is 0. The maximum Gasteiger partial charge on any atom is 0.389 e. The van der Waals surface area contributed by atoms with Gasteiger partial charge in [-0.3, -0.25) is 4.79 Å². The fourth-order valence-electron chi connectivity index (χ4n) is 1.90. The van der Waals surface area contributed by atoms with Gasteiger partial charge in [-0.15, -0.1) is 0 Å². The van der Waals surface area contributed by atoms with Crippen LogP contribution in [0, 0.1) is 0 Å². The second-order valence-corrected chi connectivity index (χ2v) is 5.75. The normalized spacial score (nSPS) is 19.6. The van der Waals surface area contributed by atoms with Crippen LogP contribution in [0.3, 0.4) is 0 Å². The number of alkyl halides is 1. The predicted molar refractivity (Wildman–Crippen MR) is 68.7 cm³/mol. The molecule has 1 saturated heterocycles. The smallest absolute Gasteiger partial charge is 0.389 e. The molecule has 0 saturated carbocycles. The van der Waals surface area contributed by atoms with Gasteiger partial charge in [-0.05, 0) is 33.6 Å². The molecule has 1 atom stereocenters. The van der Waals surface area contributed by atoms with Crippen molar-refractivity contribution < 1.29 is 28.6 Å². The summed E-state index contributed by atoms with van der Waals surface area (Å²) in [4.78, 5) is 23.8. The summed E-state index contributed by atoms with van der Waals surface area (Å²) < 4.78 is 24.9. The van der Waals surface area contributed by atoms with E-state index in [1.165, 1.54) is 4.90 Å². The van der Waals surface area contributed by atoms with E-state index >= 15 is 0 Å². The van der Waals surface area contributed by atoms with Gasteiger partial charge in [0.2, 0.25) is 0 Å². The van der Waals surface area contributed by atoms with E-state index in [-0.39, 0.29) is 13.0 Å². The molecule has 6 nitrogen and oxygen atoms in total. The molecule has 116 valence electrons. The summed E-state index contributed by atoms with van der Waals surface area (Å²) in [5, 5.41) is 8.57. The van der Waals surface area contributed by atoms with Crippen molar-refractivity contribution in [1.29, 1.82) is 0 Å². The molecule has 0 amide bonds. The lowest BCUT2D eigenvalue weighted by Crippen LogP contribution is -2.54. The largest absolute Gasteiger partial charge is 0.481 e. The Morgan fingerprint density at radius 3 is 2.25 bits per heavy atom. The fourth-order valence-corrected chi connectivity index (χ4v) is 1.90. The quantitative estimate of drug-likeness (QED) is 0.591. The van der Waals surface area contributed by atoms with E-state index < -0.39 is 23.5 Å². The number of hydrogen-bond donors (Lipinski definition) is 1. The van der Waals surface area contributed by atoms with Gasteiger partial charge in [0.15, 0.2) is 0 Å². The van der Waals surface area contributed by atoms with Crippen molar-refractivity contribution in [3.63, 3.8) is 0 Å². The predicted octanol–water partition coefficient (Wildman–Crippen LogP) is 1.54. The van der Waals surface area contributed by atoms with E-state index in [0.29, 0.717) is 13.1 Å². The third-order valence-electron chi connectivity index (χ3n) is 2.77. The summed E-state index contributed by atoms with van der Waals surface area (Å²) >= 11 is 0. The van der Waals surface area contributed by atoms with Crippen molar-refractivity contribution >= 4 is 11.9 Å². The van der Waals surface area contributed by atoms with E-state index in [2.05, 4.69) is 0 Å². The molecule has 1 N–H and O–H groups in total. The van der Waals surface area contributed by atoms with E-state index in [1.807, 2.05) is 0 Å². The van der Waals surface area contributed by atoms with Gasteiger partial charge >= 0.3 is 17.9 Å². The molecule has 0 radical (unpaired) electrons. The highest BCUT2D eigenvalue weighted by Gasteiger charge is 2.50. The SMILES string of the molecule is CC(C)(C)OC(=O)C(F)(OCCC(=O)O)N1CCCC1. The van der Waals surface area contributed by atoms with E-state index in [9.17, 15) is 14.0 Å². The topological polar surface area (TPSA) is 76.1 Å². The molecule has 0 aliphatic carbocycles. The van der Waals surface area contributed by atoms with Crippen LogP contribution in [-0.2, 0) is 19.1 Å². The number of carboxylic acids is 1. The highest BCUT2D eigenvalue weighted by atomic mass is 19.2. The standard InChI is InChI=1S/C13H22FNO5/c1-12(2,3)20-11(18)13(14,15-7-4-5-8-15)19-9-6-10(16)17/h4-9H2,1-3H3,(H,16,17). The summed E-state index contributed by atoms with van der Waals surface area (Å²) in [5.41, 5.74) is -0.843. The number of halogens is 1. The average molecular weight is 291 g/mol. The van der Waals surface area contributed by atoms with Crippen molar-refractivity contribution in [3.8, 4) is 0 Å². The summed E-state index contributed by atoms with van der Waals surface area (Å²) in [6.07, 6.45) is 1.15. The Morgan fingerprint density at radius 2 is 1.80 bits per heavy atom. The first-order valence-electron chi connectivity index (χ1n) is 6.68. The highest BCUT2D eigenvalue weighted by molar-refractivity contribution is 5.77. The van der Waals surface area contributed by atoms with Crippen molar-refractivity contribution in [3.05, 3.63) is 0 Å². The van der Waals surface area contributed by atoms with Gasteiger partial charge in [0.25, 0.3) is 0 Å². The van der Waals surface area contributed by atoms with Crippen LogP contribution in [0.15, 0.2) is 0 Å². The number of rotatable bonds is 6. The van der Waals surface area contributed by atoms with Gasteiger partial charge in [-0.25, -0.2) is 9.69 Å². The van der Waals surface area contributed by atoms with Crippen LogP contribution in [-0.4, -0.2) is 53.2 Å². The van der Waals surface area contributed by atoms with Crippen LogP contribution >= 0.6 is 0 Å². The van der Waals surface area contributed by atoms with Gasteiger partial charge in [0.1, 0.15) is 5.60 Å². The number of aliphatic carboxylic acids is 1. The zero-order valence-corrected chi connectivity index (χ0v) is 12.1. The molecular formula is C13H22FNO5. The van der Waals surface area contributed by atoms with Gasteiger partial charge in [-0.2, -0.15) is 4.39 Å². The molecule has 1 heterocycles. The Bertz CT molecular complexity index is 362. The molecule has 1 unspecified atom stereocenters. The first kappa shape index (κ1) is 16.8. The van der Waals surface area contributed by atoms with Gasteiger partial charge in [0, 0.05) is 13.1 Å². The summed E-state index contributed by atoms with van der Waals surface area (Å²) in [7, 11) is 0. The minimum Gasteiger partial charge on any atom is -0.481 e. The first-order valence-corrected chi connectivity index (χ1v) is 6.68. The summed E-state index contributed by atoms with van der Waals surface area (Å²) in [6.45, 7) is 5.26. The molecule has 20 heavy (non-hydrogen) atoms. The summed E-state index contributed by atoms with van der Waals surface area (Å²) in [5.74, 6) is -4.95. The minimum absolute atomic E-state index is 0.373. The molecular weight excluding hydrogens is 269 g/mol. The Labute approximate surface area is 117 Å². The lowest BCUT2D eigenvalue weighted by Gasteiger charge is -2.34. The molecule has 0 aromatic carbocycles. The van der Waals surface area contributed by atoms with Gasteiger partial charge < -0.3 is 14.6 Å². The molecule has 1 aliphatic heterocycles. The maximum absolute atomic E-state index is 14.9. The van der Waals surface area contributed by atoms with Crippen LogP contribution in [0.2, 0.25) is 0 Å². The third kappa shape index (κ3) is 4.72.